The van der Waals surface area contributed by atoms with Gasteiger partial charge in [-0.25, -0.2) is 0 Å². The maximum atomic E-state index is 12.7. The molecular formula is C20H19N3O4. The average Bonchev–Trinajstić information content (AvgIpc) is 3.39. The van der Waals surface area contributed by atoms with Crippen molar-refractivity contribution in [1.82, 2.24) is 14.6 Å². The highest BCUT2D eigenvalue weighted by molar-refractivity contribution is 5.79. The minimum Gasteiger partial charge on any atom is -0.454 e. The Hall–Kier alpha value is -3.22. The molecule has 138 valence electrons. The van der Waals surface area contributed by atoms with Crippen molar-refractivity contribution in [2.45, 2.75) is 19.4 Å². The van der Waals surface area contributed by atoms with Crippen LogP contribution in [0.5, 0.6) is 11.5 Å². The highest BCUT2D eigenvalue weighted by atomic mass is 16.7. The van der Waals surface area contributed by atoms with E-state index in [0.29, 0.717) is 31.7 Å². The van der Waals surface area contributed by atoms with Crippen molar-refractivity contribution in [2.75, 3.05) is 13.3 Å². The lowest BCUT2D eigenvalue weighted by molar-refractivity contribution is -0.131. The van der Waals surface area contributed by atoms with Crippen molar-refractivity contribution in [1.29, 1.82) is 0 Å². The number of fused-ring (bicyclic) bond motifs is 2. The molecule has 0 radical (unpaired) electrons. The number of carbonyl (C=O) groups excluding carboxylic acids is 1. The fourth-order valence-electron chi connectivity index (χ4n) is 3.64. The summed E-state index contributed by atoms with van der Waals surface area (Å²) in [6.07, 6.45) is 5.01. The van der Waals surface area contributed by atoms with Crippen LogP contribution in [-0.4, -0.2) is 33.9 Å². The van der Waals surface area contributed by atoms with Crippen LogP contribution in [0.25, 0.3) is 11.3 Å². The third-order valence-corrected chi connectivity index (χ3v) is 5.07. The van der Waals surface area contributed by atoms with E-state index in [2.05, 4.69) is 5.16 Å². The van der Waals surface area contributed by atoms with Gasteiger partial charge in [0.15, 0.2) is 11.5 Å². The van der Waals surface area contributed by atoms with Crippen molar-refractivity contribution < 1.29 is 18.8 Å². The highest BCUT2D eigenvalue weighted by Crippen LogP contribution is 2.38. The molecule has 1 aromatic carbocycles. The fourth-order valence-corrected chi connectivity index (χ4v) is 3.64. The van der Waals surface area contributed by atoms with Gasteiger partial charge in [0, 0.05) is 43.5 Å². The molecule has 0 aliphatic carbocycles. The Kier molecular flexibility index (Phi) is 3.67. The van der Waals surface area contributed by atoms with E-state index >= 15 is 0 Å². The van der Waals surface area contributed by atoms with E-state index in [-0.39, 0.29) is 12.7 Å². The molecule has 0 saturated heterocycles. The molecule has 2 aliphatic heterocycles. The normalized spacial score (nSPS) is 15.1. The number of nitrogens with zero attached hydrogens (tertiary/aromatic N) is 3. The Morgan fingerprint density at radius 2 is 2.11 bits per heavy atom. The number of aromatic nitrogens is 2. The van der Waals surface area contributed by atoms with E-state index in [0.717, 1.165) is 33.9 Å². The molecule has 0 unspecified atom stereocenters. The van der Waals surface area contributed by atoms with E-state index in [1.165, 1.54) is 0 Å². The van der Waals surface area contributed by atoms with Gasteiger partial charge in [-0.2, -0.15) is 0 Å². The predicted octanol–water partition coefficient (Wildman–Crippen LogP) is 2.54. The molecule has 0 N–H and O–H groups in total. The molecule has 1 amide bonds. The van der Waals surface area contributed by atoms with Gasteiger partial charge in [-0.1, -0.05) is 5.16 Å². The van der Waals surface area contributed by atoms with Crippen LogP contribution >= 0.6 is 0 Å². The second kappa shape index (κ2) is 6.19. The van der Waals surface area contributed by atoms with Crippen molar-refractivity contribution in [3.8, 4) is 22.8 Å². The van der Waals surface area contributed by atoms with Crippen LogP contribution in [0.4, 0.5) is 0 Å². The monoisotopic (exact) mass is 365 g/mol. The Labute approximate surface area is 156 Å². The summed E-state index contributed by atoms with van der Waals surface area (Å²) in [5, 5.41) is 4.26. The number of amides is 1. The van der Waals surface area contributed by atoms with Gasteiger partial charge in [-0.3, -0.25) is 4.79 Å². The number of ether oxygens (including phenoxy) is 2. The van der Waals surface area contributed by atoms with Crippen LogP contribution in [0.1, 0.15) is 16.9 Å². The fraction of sp³-hybridized carbons (Fsp3) is 0.300. The number of rotatable bonds is 3. The molecule has 0 spiro atoms. The Morgan fingerprint density at radius 3 is 2.96 bits per heavy atom. The van der Waals surface area contributed by atoms with E-state index in [1.807, 2.05) is 53.2 Å². The zero-order valence-electron chi connectivity index (χ0n) is 15.0. The summed E-state index contributed by atoms with van der Waals surface area (Å²) in [5.74, 6) is 2.41. The summed E-state index contributed by atoms with van der Waals surface area (Å²) in [6.45, 7) is 1.39. The summed E-state index contributed by atoms with van der Waals surface area (Å²) >= 11 is 0. The van der Waals surface area contributed by atoms with Gasteiger partial charge in [0.25, 0.3) is 0 Å². The summed E-state index contributed by atoms with van der Waals surface area (Å²) in [4.78, 5) is 14.6. The van der Waals surface area contributed by atoms with E-state index in [4.69, 9.17) is 14.0 Å². The van der Waals surface area contributed by atoms with Crippen LogP contribution < -0.4 is 9.47 Å². The summed E-state index contributed by atoms with van der Waals surface area (Å²) in [7, 11) is 1.95. The minimum absolute atomic E-state index is 0.115. The maximum absolute atomic E-state index is 12.7. The van der Waals surface area contributed by atoms with Crippen LogP contribution in [-0.2, 0) is 31.2 Å². The Morgan fingerprint density at radius 1 is 1.22 bits per heavy atom. The van der Waals surface area contributed by atoms with Crippen molar-refractivity contribution in [2.24, 2.45) is 7.05 Å². The van der Waals surface area contributed by atoms with E-state index in [1.54, 1.807) is 0 Å². The third-order valence-electron chi connectivity index (χ3n) is 5.07. The lowest BCUT2D eigenvalue weighted by Gasteiger charge is -2.26. The molecule has 0 bridgehead atoms. The topological polar surface area (TPSA) is 69.7 Å². The van der Waals surface area contributed by atoms with Gasteiger partial charge < -0.3 is 23.5 Å². The van der Waals surface area contributed by atoms with E-state index in [9.17, 15) is 4.79 Å². The van der Waals surface area contributed by atoms with Crippen molar-refractivity contribution in [3.63, 3.8) is 0 Å². The van der Waals surface area contributed by atoms with Crippen LogP contribution in [0.15, 0.2) is 41.2 Å². The Balaban J connectivity index is 1.39. The SMILES string of the molecule is Cn1ccc(CC(=O)N2CCc3onc(-c4ccc5c(c4)OCO5)c3C2)c1. The van der Waals surface area contributed by atoms with Gasteiger partial charge in [0.1, 0.15) is 11.5 Å². The van der Waals surface area contributed by atoms with Crippen molar-refractivity contribution >= 4 is 5.91 Å². The first-order chi connectivity index (χ1) is 13.2. The lowest BCUT2D eigenvalue weighted by Crippen LogP contribution is -2.36. The average molecular weight is 365 g/mol. The number of hydrogen-bond donors (Lipinski definition) is 0. The molecule has 7 nitrogen and oxygen atoms in total. The molecule has 27 heavy (non-hydrogen) atoms. The third kappa shape index (κ3) is 2.85. The van der Waals surface area contributed by atoms with Gasteiger partial charge in [-0.15, -0.1) is 0 Å². The second-order valence-electron chi connectivity index (χ2n) is 6.93. The molecule has 4 heterocycles. The van der Waals surface area contributed by atoms with Crippen LogP contribution in [0.2, 0.25) is 0 Å². The van der Waals surface area contributed by atoms with Crippen molar-refractivity contribution in [3.05, 3.63) is 53.5 Å². The first kappa shape index (κ1) is 16.0. The van der Waals surface area contributed by atoms with E-state index < -0.39 is 0 Å². The molecule has 7 heteroatoms. The Bertz CT molecular complexity index is 1020. The van der Waals surface area contributed by atoms with Gasteiger partial charge >= 0.3 is 0 Å². The van der Waals surface area contributed by atoms with Gasteiger partial charge in [0.05, 0.1) is 13.0 Å². The first-order valence-corrected chi connectivity index (χ1v) is 8.93. The standard InChI is InChI=1S/C20H19N3O4/c1-22-6-4-13(10-22)8-19(24)23-7-5-16-15(11-23)20(21-27-16)14-2-3-17-18(9-14)26-12-25-17/h2-4,6,9-10H,5,7-8,11-12H2,1H3. The highest BCUT2D eigenvalue weighted by Gasteiger charge is 2.28. The quantitative estimate of drug-likeness (QED) is 0.713. The van der Waals surface area contributed by atoms with Crippen LogP contribution in [0, 0.1) is 0 Å². The molecule has 2 aliphatic rings. The number of carbonyl (C=O) groups is 1. The molecule has 2 aromatic heterocycles. The number of hydrogen-bond acceptors (Lipinski definition) is 5. The predicted molar refractivity (Wildman–Crippen MR) is 96.3 cm³/mol. The summed E-state index contributed by atoms with van der Waals surface area (Å²) in [6, 6.07) is 7.70. The summed E-state index contributed by atoms with van der Waals surface area (Å²) < 4.78 is 18.3. The van der Waals surface area contributed by atoms with Crippen LogP contribution in [0.3, 0.4) is 0 Å². The number of aryl methyl sites for hydroxylation is 1. The zero-order valence-corrected chi connectivity index (χ0v) is 15.0. The molecular weight excluding hydrogens is 346 g/mol. The van der Waals surface area contributed by atoms with Gasteiger partial charge in [-0.05, 0) is 29.8 Å². The molecule has 0 atom stereocenters. The van der Waals surface area contributed by atoms with Gasteiger partial charge in [0.2, 0.25) is 12.7 Å². The molecule has 0 saturated carbocycles. The smallest absolute Gasteiger partial charge is 0.231 e. The number of benzene rings is 1. The second-order valence-corrected chi connectivity index (χ2v) is 6.93. The molecule has 5 rings (SSSR count). The first-order valence-electron chi connectivity index (χ1n) is 8.93. The minimum atomic E-state index is 0.115. The molecule has 3 aromatic rings. The zero-order chi connectivity index (χ0) is 18.4. The summed E-state index contributed by atoms with van der Waals surface area (Å²) in [5.41, 5.74) is 3.67. The largest absolute Gasteiger partial charge is 0.454 e. The molecule has 0 fully saturated rings. The lowest BCUT2D eigenvalue weighted by atomic mass is 10.0. The maximum Gasteiger partial charge on any atom is 0.231 e.